The Morgan fingerprint density at radius 3 is 3.17 bits per heavy atom. The molecule has 1 aliphatic heterocycles. The lowest BCUT2D eigenvalue weighted by atomic mass is 10.0. The van der Waals surface area contributed by atoms with Crippen molar-refractivity contribution in [2.45, 2.75) is 6.10 Å². The molecule has 1 aromatic heterocycles. The minimum atomic E-state index is -0.368. The zero-order valence-electron chi connectivity index (χ0n) is 9.93. The van der Waals surface area contributed by atoms with Crippen LogP contribution in [-0.4, -0.2) is 36.6 Å². The molecule has 2 aromatic rings. The molecule has 0 saturated carbocycles. The number of benzene rings is 1. The predicted octanol–water partition coefficient (Wildman–Crippen LogP) is 1.41. The Hall–Kier alpha value is -1.78. The first-order valence-corrected chi connectivity index (χ1v) is 6.06. The highest BCUT2D eigenvalue weighted by Crippen LogP contribution is 2.15. The van der Waals surface area contributed by atoms with Crippen molar-refractivity contribution in [1.29, 1.82) is 0 Å². The lowest BCUT2D eigenvalue weighted by molar-refractivity contribution is 0.0269. The number of pyridine rings is 1. The first-order chi connectivity index (χ1) is 8.84. The van der Waals surface area contributed by atoms with Crippen LogP contribution < -0.4 is 5.32 Å². The van der Waals surface area contributed by atoms with Gasteiger partial charge < -0.3 is 10.1 Å². The molecule has 2 heterocycles. The minimum absolute atomic E-state index is 0.0351. The van der Waals surface area contributed by atoms with Gasteiger partial charge in [-0.15, -0.1) is 0 Å². The molecule has 0 radical (unpaired) electrons. The van der Waals surface area contributed by atoms with Crippen molar-refractivity contribution in [3.63, 3.8) is 0 Å². The van der Waals surface area contributed by atoms with Crippen LogP contribution in [0.2, 0.25) is 0 Å². The number of rotatable bonds is 2. The van der Waals surface area contributed by atoms with Gasteiger partial charge in [0.2, 0.25) is 0 Å². The van der Waals surface area contributed by atoms with Crippen molar-refractivity contribution in [2.24, 2.45) is 0 Å². The maximum Gasteiger partial charge on any atom is 0.192 e. The Morgan fingerprint density at radius 1 is 1.39 bits per heavy atom. The van der Waals surface area contributed by atoms with E-state index < -0.39 is 0 Å². The molecule has 0 aliphatic carbocycles. The zero-order valence-corrected chi connectivity index (χ0v) is 9.93. The van der Waals surface area contributed by atoms with Gasteiger partial charge in [-0.2, -0.15) is 0 Å². The average Bonchev–Trinajstić information content (AvgIpc) is 2.47. The van der Waals surface area contributed by atoms with E-state index in [1.54, 1.807) is 6.20 Å². The second kappa shape index (κ2) is 4.84. The number of carbonyl (C=O) groups is 1. The van der Waals surface area contributed by atoms with E-state index in [-0.39, 0.29) is 11.9 Å². The highest BCUT2D eigenvalue weighted by atomic mass is 16.5. The number of hydrogen-bond donors (Lipinski definition) is 1. The smallest absolute Gasteiger partial charge is 0.192 e. The minimum Gasteiger partial charge on any atom is -0.367 e. The highest BCUT2D eigenvalue weighted by Gasteiger charge is 2.23. The molecule has 4 nitrogen and oxygen atoms in total. The summed E-state index contributed by atoms with van der Waals surface area (Å²) < 4.78 is 5.48. The number of nitrogens with zero attached hydrogens (tertiary/aromatic N) is 1. The summed E-state index contributed by atoms with van der Waals surface area (Å²) in [6, 6.07) is 9.39. The molecule has 1 saturated heterocycles. The van der Waals surface area contributed by atoms with Crippen molar-refractivity contribution in [2.75, 3.05) is 19.7 Å². The third-order valence-electron chi connectivity index (χ3n) is 3.11. The van der Waals surface area contributed by atoms with Crippen LogP contribution in [0.5, 0.6) is 0 Å². The third-order valence-corrected chi connectivity index (χ3v) is 3.11. The maximum absolute atomic E-state index is 12.3. The second-order valence-electron chi connectivity index (χ2n) is 4.34. The fourth-order valence-corrected chi connectivity index (χ4v) is 2.15. The predicted molar refractivity (Wildman–Crippen MR) is 68.7 cm³/mol. The van der Waals surface area contributed by atoms with E-state index in [0.717, 1.165) is 17.4 Å². The summed E-state index contributed by atoms with van der Waals surface area (Å²) >= 11 is 0. The van der Waals surface area contributed by atoms with E-state index >= 15 is 0 Å². The lowest BCUT2D eigenvalue weighted by Gasteiger charge is -2.22. The number of aromatic nitrogens is 1. The van der Waals surface area contributed by atoms with Crippen molar-refractivity contribution >= 4 is 16.7 Å². The van der Waals surface area contributed by atoms with E-state index in [1.807, 2.05) is 30.3 Å². The van der Waals surface area contributed by atoms with E-state index in [2.05, 4.69) is 10.3 Å². The van der Waals surface area contributed by atoms with E-state index in [9.17, 15) is 4.79 Å². The maximum atomic E-state index is 12.3. The first kappa shape index (κ1) is 11.3. The van der Waals surface area contributed by atoms with Crippen LogP contribution in [0.3, 0.4) is 0 Å². The number of fused-ring (bicyclic) bond motifs is 1. The van der Waals surface area contributed by atoms with Gasteiger partial charge in [-0.3, -0.25) is 9.78 Å². The van der Waals surface area contributed by atoms with Crippen molar-refractivity contribution in [1.82, 2.24) is 10.3 Å². The topological polar surface area (TPSA) is 51.2 Å². The number of nitrogens with one attached hydrogen (secondary N) is 1. The van der Waals surface area contributed by atoms with E-state index in [1.165, 1.54) is 0 Å². The van der Waals surface area contributed by atoms with Crippen molar-refractivity contribution in [3.05, 3.63) is 42.1 Å². The van der Waals surface area contributed by atoms with E-state index in [0.29, 0.717) is 18.7 Å². The SMILES string of the molecule is O=C(c1ccc2ncccc2c1)C1CNCCO1. The standard InChI is InChI=1S/C14H14N2O2/c17-14(13-9-15-6-7-18-13)11-3-4-12-10(8-11)2-1-5-16-12/h1-5,8,13,15H,6-7,9H2. The summed E-state index contributed by atoms with van der Waals surface area (Å²) in [6.45, 7) is 1.99. The van der Waals surface area contributed by atoms with Crippen LogP contribution >= 0.6 is 0 Å². The molecule has 0 spiro atoms. The van der Waals surface area contributed by atoms with Crippen LogP contribution in [0.1, 0.15) is 10.4 Å². The van der Waals surface area contributed by atoms with Gasteiger partial charge in [-0.1, -0.05) is 6.07 Å². The molecule has 4 heteroatoms. The van der Waals surface area contributed by atoms with Crippen LogP contribution in [0.15, 0.2) is 36.5 Å². The monoisotopic (exact) mass is 242 g/mol. The molecule has 0 amide bonds. The van der Waals surface area contributed by atoms with Crippen LogP contribution in [0.25, 0.3) is 10.9 Å². The number of Topliss-reactive ketones (excluding diaryl/α,β-unsaturated/α-hetero) is 1. The summed E-state index contributed by atoms with van der Waals surface area (Å²) in [4.78, 5) is 16.5. The number of carbonyl (C=O) groups excluding carboxylic acids is 1. The largest absolute Gasteiger partial charge is 0.367 e. The molecule has 1 aromatic carbocycles. The van der Waals surface area contributed by atoms with Crippen LogP contribution in [0.4, 0.5) is 0 Å². The molecule has 1 N–H and O–H groups in total. The van der Waals surface area contributed by atoms with Gasteiger partial charge in [0.1, 0.15) is 6.10 Å². The molecular weight excluding hydrogens is 228 g/mol. The molecule has 3 rings (SSSR count). The number of morpholine rings is 1. The third kappa shape index (κ3) is 2.12. The lowest BCUT2D eigenvalue weighted by Crippen LogP contribution is -2.43. The van der Waals surface area contributed by atoms with Crippen molar-refractivity contribution in [3.8, 4) is 0 Å². The summed E-state index contributed by atoms with van der Waals surface area (Å²) in [7, 11) is 0. The Kier molecular flexibility index (Phi) is 3.04. The molecule has 0 bridgehead atoms. The average molecular weight is 242 g/mol. The summed E-state index contributed by atoms with van der Waals surface area (Å²) in [5.41, 5.74) is 1.58. The number of hydrogen-bond acceptors (Lipinski definition) is 4. The normalized spacial score (nSPS) is 19.9. The van der Waals surface area contributed by atoms with Gasteiger partial charge in [-0.05, 0) is 24.3 Å². The highest BCUT2D eigenvalue weighted by molar-refractivity contribution is 6.02. The summed E-state index contributed by atoms with van der Waals surface area (Å²) in [5, 5.41) is 4.14. The summed E-state index contributed by atoms with van der Waals surface area (Å²) in [6.07, 6.45) is 1.38. The van der Waals surface area contributed by atoms with Gasteiger partial charge in [0.25, 0.3) is 0 Å². The number of ketones is 1. The molecule has 1 aliphatic rings. The van der Waals surface area contributed by atoms with Crippen LogP contribution in [-0.2, 0) is 4.74 Å². The fraction of sp³-hybridized carbons (Fsp3) is 0.286. The zero-order chi connectivity index (χ0) is 12.4. The molecule has 1 fully saturated rings. The van der Waals surface area contributed by atoms with Crippen molar-refractivity contribution < 1.29 is 9.53 Å². The molecular formula is C14H14N2O2. The molecule has 18 heavy (non-hydrogen) atoms. The molecule has 92 valence electrons. The Morgan fingerprint density at radius 2 is 2.33 bits per heavy atom. The van der Waals surface area contributed by atoms with Gasteiger partial charge in [0, 0.05) is 30.2 Å². The Balaban J connectivity index is 1.91. The molecule has 1 atom stereocenters. The summed E-state index contributed by atoms with van der Waals surface area (Å²) in [5.74, 6) is 0.0351. The van der Waals surface area contributed by atoms with Gasteiger partial charge >= 0.3 is 0 Å². The second-order valence-corrected chi connectivity index (χ2v) is 4.34. The number of ether oxygens (including phenoxy) is 1. The molecule has 1 unspecified atom stereocenters. The van der Waals surface area contributed by atoms with Gasteiger partial charge in [0.05, 0.1) is 12.1 Å². The van der Waals surface area contributed by atoms with Crippen LogP contribution in [0, 0.1) is 0 Å². The van der Waals surface area contributed by atoms with E-state index in [4.69, 9.17) is 4.74 Å². The first-order valence-electron chi connectivity index (χ1n) is 6.06. The van der Waals surface area contributed by atoms with Gasteiger partial charge in [0.15, 0.2) is 5.78 Å². The Bertz CT molecular complexity index is 577. The Labute approximate surface area is 105 Å². The quantitative estimate of drug-likeness (QED) is 0.809. The van der Waals surface area contributed by atoms with Gasteiger partial charge in [-0.25, -0.2) is 0 Å². The fourth-order valence-electron chi connectivity index (χ4n) is 2.15.